The zero-order chi connectivity index (χ0) is 42.7. The van der Waals surface area contributed by atoms with Gasteiger partial charge in [-0.2, -0.15) is 0 Å². The minimum absolute atomic E-state index is 0.0457. The van der Waals surface area contributed by atoms with E-state index in [4.69, 9.17) is 15.2 Å². The summed E-state index contributed by atoms with van der Waals surface area (Å²) in [6, 6.07) is 13.1. The predicted octanol–water partition coefficient (Wildman–Crippen LogP) is 6.19. The predicted molar refractivity (Wildman–Crippen MR) is 233 cm³/mol. The van der Waals surface area contributed by atoms with Crippen molar-refractivity contribution in [2.24, 2.45) is 23.2 Å². The summed E-state index contributed by atoms with van der Waals surface area (Å²) < 4.78 is 12.6. The van der Waals surface area contributed by atoms with Crippen LogP contribution in [-0.4, -0.2) is 83.3 Å². The van der Waals surface area contributed by atoms with E-state index in [2.05, 4.69) is 58.8 Å². The SMILES string of the molecule is CCNC1CC2C=CCCC2CC1COC(=O)C12OC1(CC(CO)=C(C)CCc1ccnc(NCNC)c1)C(=O)c1cccc(CC(C)(C)Cc3ccc(N)nc3)c1C2=O. The van der Waals surface area contributed by atoms with Crippen LogP contribution in [0.15, 0.2) is 78.2 Å². The number of esters is 1. The van der Waals surface area contributed by atoms with Gasteiger partial charge in [0.05, 0.1) is 19.9 Å². The molecule has 1 saturated heterocycles. The molecule has 6 unspecified atom stereocenters. The molecule has 0 radical (unpaired) electrons. The molecule has 12 nitrogen and oxygen atoms in total. The van der Waals surface area contributed by atoms with Crippen molar-refractivity contribution in [3.63, 3.8) is 0 Å². The molecule has 0 bridgehead atoms. The van der Waals surface area contributed by atoms with Crippen LogP contribution in [-0.2, 0) is 33.5 Å². The number of anilines is 2. The number of allylic oxidation sites excluding steroid dienone is 3. The Morgan fingerprint density at radius 2 is 1.92 bits per heavy atom. The van der Waals surface area contributed by atoms with E-state index in [1.807, 2.05) is 38.2 Å². The lowest BCUT2D eigenvalue weighted by atomic mass is 9.68. The van der Waals surface area contributed by atoms with Gasteiger partial charge in [0.25, 0.3) is 5.60 Å². The molecular formula is C48H62N6O6. The van der Waals surface area contributed by atoms with Gasteiger partial charge in [-0.25, -0.2) is 14.8 Å². The highest BCUT2D eigenvalue weighted by atomic mass is 16.7. The first-order chi connectivity index (χ1) is 28.8. The number of carbonyl (C=O) groups excluding carboxylic acids is 3. The van der Waals surface area contributed by atoms with Crippen molar-refractivity contribution < 1.29 is 29.0 Å². The summed E-state index contributed by atoms with van der Waals surface area (Å²) >= 11 is 0. The Morgan fingerprint density at radius 3 is 2.67 bits per heavy atom. The molecular weight excluding hydrogens is 757 g/mol. The van der Waals surface area contributed by atoms with Crippen LogP contribution < -0.4 is 21.7 Å². The first-order valence-corrected chi connectivity index (χ1v) is 21.7. The maximum atomic E-state index is 15.2. The largest absolute Gasteiger partial charge is 0.463 e. The quantitative estimate of drug-likeness (QED) is 0.0324. The van der Waals surface area contributed by atoms with Gasteiger partial charge >= 0.3 is 5.97 Å². The standard InChI is InChI=1S/C48H62N6O6/c1-6-51-39-22-34-11-8-7-10-33(34)21-36(39)28-59-45(58)48-44(57)42-35(24-46(3,4)23-32-16-17-40(49)53-26-32)12-9-13-38(42)43(56)47(48,60-48)25-37(27-55)30(2)14-15-31-18-19-52-41(20-31)54-29-50-5/h8-9,11-13,16-20,26,33-34,36,39,50-51,55H,6-7,10,14-15,21-25,27-29H2,1-5H3,(H2,49,53)(H,52,54). The van der Waals surface area contributed by atoms with Gasteiger partial charge in [0.1, 0.15) is 11.6 Å². The Balaban J connectivity index is 1.19. The number of aliphatic hydroxyl groups excluding tert-OH is 1. The molecule has 60 heavy (non-hydrogen) atoms. The lowest BCUT2D eigenvalue weighted by Crippen LogP contribution is -2.52. The molecule has 0 amide bonds. The first kappa shape index (κ1) is 43.3. The van der Waals surface area contributed by atoms with Gasteiger partial charge in [0.2, 0.25) is 5.78 Å². The number of aliphatic hydroxyl groups is 1. The maximum Gasteiger partial charge on any atom is 0.350 e. The Labute approximate surface area is 354 Å². The van der Waals surface area contributed by atoms with Crippen LogP contribution in [0.2, 0.25) is 0 Å². The lowest BCUT2D eigenvalue weighted by molar-refractivity contribution is -0.150. The molecule has 3 heterocycles. The molecule has 1 aliphatic heterocycles. The Kier molecular flexibility index (Phi) is 13.1. The number of ether oxygens (including phenoxy) is 2. The summed E-state index contributed by atoms with van der Waals surface area (Å²) in [6.07, 6.45) is 14.3. The van der Waals surface area contributed by atoms with Crippen molar-refractivity contribution in [1.82, 2.24) is 20.6 Å². The van der Waals surface area contributed by atoms with E-state index in [-0.39, 0.29) is 48.1 Å². The minimum Gasteiger partial charge on any atom is -0.463 e. The number of nitrogens with zero attached hydrogens (tertiary/aromatic N) is 2. The third kappa shape index (κ3) is 8.70. The van der Waals surface area contributed by atoms with Gasteiger partial charge in [0, 0.05) is 41.9 Å². The molecule has 12 heteroatoms. The molecule has 3 aromatic rings. The van der Waals surface area contributed by atoms with Crippen molar-refractivity contribution in [2.75, 3.05) is 44.5 Å². The zero-order valence-electron chi connectivity index (χ0n) is 35.8. The molecule has 6 N–H and O–H groups in total. The number of nitrogen functional groups attached to an aromatic ring is 1. The van der Waals surface area contributed by atoms with Gasteiger partial charge < -0.3 is 36.3 Å². The molecule has 0 spiro atoms. The van der Waals surface area contributed by atoms with E-state index in [1.165, 1.54) is 0 Å². The monoisotopic (exact) mass is 818 g/mol. The number of fused-ring (bicyclic) bond motifs is 3. The average molecular weight is 819 g/mol. The summed E-state index contributed by atoms with van der Waals surface area (Å²) in [5.74, 6) is 0.399. The average Bonchev–Trinajstić information content (AvgIpc) is 3.94. The molecule has 7 rings (SSSR count). The third-order valence-corrected chi connectivity index (χ3v) is 13.3. The molecule has 3 aliphatic carbocycles. The highest BCUT2D eigenvalue weighted by molar-refractivity contribution is 6.33. The molecule has 2 aromatic heterocycles. The number of aryl methyl sites for hydroxylation is 1. The van der Waals surface area contributed by atoms with Crippen LogP contribution in [0.25, 0.3) is 0 Å². The Morgan fingerprint density at radius 1 is 1.08 bits per heavy atom. The number of epoxide rings is 1. The smallest absolute Gasteiger partial charge is 0.350 e. The number of hydrogen-bond acceptors (Lipinski definition) is 12. The number of benzene rings is 1. The Bertz CT molecular complexity index is 2130. The van der Waals surface area contributed by atoms with Crippen LogP contribution in [0, 0.1) is 23.2 Å². The van der Waals surface area contributed by atoms with Gasteiger partial charge in [-0.1, -0.05) is 62.8 Å². The van der Waals surface area contributed by atoms with Crippen LogP contribution in [0.3, 0.4) is 0 Å². The fraction of sp³-hybridized carbons (Fsp3) is 0.521. The van der Waals surface area contributed by atoms with Gasteiger partial charge in [-0.05, 0) is 130 Å². The number of ketones is 2. The van der Waals surface area contributed by atoms with Crippen LogP contribution in [0.4, 0.5) is 11.6 Å². The van der Waals surface area contributed by atoms with E-state index in [9.17, 15) is 9.90 Å². The van der Waals surface area contributed by atoms with Crippen LogP contribution >= 0.6 is 0 Å². The number of hydrogen-bond donors (Lipinski definition) is 5. The first-order valence-electron chi connectivity index (χ1n) is 21.7. The maximum absolute atomic E-state index is 15.2. The second kappa shape index (κ2) is 18.1. The molecule has 1 saturated carbocycles. The number of nitrogens with two attached hydrogens (primary N) is 1. The number of rotatable bonds is 18. The summed E-state index contributed by atoms with van der Waals surface area (Å²) in [7, 11) is 1.85. The summed E-state index contributed by atoms with van der Waals surface area (Å²) in [5.41, 5.74) is 6.04. The van der Waals surface area contributed by atoms with Crippen molar-refractivity contribution in [1.29, 1.82) is 0 Å². The van der Waals surface area contributed by atoms with Gasteiger partial charge in [0.15, 0.2) is 11.4 Å². The third-order valence-electron chi connectivity index (χ3n) is 13.3. The second-order valence-corrected chi connectivity index (χ2v) is 18.1. The van der Waals surface area contributed by atoms with Crippen LogP contribution in [0.1, 0.15) is 104 Å². The van der Waals surface area contributed by atoms with E-state index in [0.717, 1.165) is 54.7 Å². The molecule has 6 atom stereocenters. The Hall–Kier alpha value is -4.75. The highest BCUT2D eigenvalue weighted by Gasteiger charge is 2.85. The van der Waals surface area contributed by atoms with Gasteiger partial charge in [-0.15, -0.1) is 0 Å². The van der Waals surface area contributed by atoms with Gasteiger partial charge in [-0.3, -0.25) is 9.59 Å². The van der Waals surface area contributed by atoms with E-state index >= 15 is 9.59 Å². The summed E-state index contributed by atoms with van der Waals surface area (Å²) in [4.78, 5) is 53.7. The number of pyridine rings is 2. The number of nitrogens with one attached hydrogen (secondary N) is 3. The number of carbonyl (C=O) groups is 3. The molecule has 320 valence electrons. The van der Waals surface area contributed by atoms with Crippen molar-refractivity contribution in [2.45, 2.75) is 103 Å². The summed E-state index contributed by atoms with van der Waals surface area (Å²) in [5, 5.41) is 20.7. The highest BCUT2D eigenvalue weighted by Crippen LogP contribution is 2.60. The van der Waals surface area contributed by atoms with Crippen molar-refractivity contribution in [3.05, 3.63) is 106 Å². The van der Waals surface area contributed by atoms with Crippen LogP contribution in [0.5, 0.6) is 0 Å². The molecule has 1 aromatic carbocycles. The minimum atomic E-state index is -2.17. The van der Waals surface area contributed by atoms with Crippen molar-refractivity contribution >= 4 is 29.2 Å². The fourth-order valence-electron chi connectivity index (χ4n) is 10.1. The second-order valence-electron chi connectivity index (χ2n) is 18.1. The van der Waals surface area contributed by atoms with E-state index in [1.54, 1.807) is 30.6 Å². The number of aromatic nitrogens is 2. The molecule has 2 fully saturated rings. The summed E-state index contributed by atoms with van der Waals surface area (Å²) in [6.45, 7) is 9.31. The van der Waals surface area contributed by atoms with Crippen molar-refractivity contribution in [3.8, 4) is 0 Å². The lowest BCUT2D eigenvalue weighted by Gasteiger charge is -2.42. The van der Waals surface area contributed by atoms with E-state index in [0.29, 0.717) is 61.1 Å². The van der Waals surface area contributed by atoms with E-state index < -0.39 is 28.7 Å². The zero-order valence-corrected chi connectivity index (χ0v) is 35.8. The number of Topliss-reactive ketones (excluding diaryl/α,β-unsaturated/α-hetero) is 2. The molecule has 4 aliphatic rings. The topological polar surface area (TPSA) is 181 Å². The fourth-order valence-corrected chi connectivity index (χ4v) is 10.1. The normalized spacial score (nSPS) is 26.1.